The number of para-hydroxylation sites is 1. The molecule has 17 heavy (non-hydrogen) atoms. The van der Waals surface area contributed by atoms with Crippen molar-refractivity contribution in [3.05, 3.63) is 29.8 Å². The van der Waals surface area contributed by atoms with Gasteiger partial charge in [0.15, 0.2) is 0 Å². The van der Waals surface area contributed by atoms with Gasteiger partial charge in [-0.1, -0.05) is 31.0 Å². The van der Waals surface area contributed by atoms with Gasteiger partial charge in [-0.2, -0.15) is 0 Å². The molecule has 1 aromatic carbocycles. The zero-order valence-corrected chi connectivity index (χ0v) is 9.82. The van der Waals surface area contributed by atoms with Crippen LogP contribution in [-0.2, 0) is 4.79 Å². The van der Waals surface area contributed by atoms with Gasteiger partial charge in [0.1, 0.15) is 18.3 Å². The lowest BCUT2D eigenvalue weighted by Gasteiger charge is -2.15. The molecule has 2 aliphatic rings. The minimum atomic E-state index is -0.119. The zero-order valence-electron chi connectivity index (χ0n) is 9.82. The molecule has 1 atom stereocenters. The van der Waals surface area contributed by atoms with E-state index >= 15 is 0 Å². The number of hydrogen-bond donors (Lipinski definition) is 1. The molecule has 1 unspecified atom stereocenters. The number of ether oxygens (including phenoxy) is 1. The van der Waals surface area contributed by atoms with Gasteiger partial charge in [-0.05, 0) is 18.9 Å². The first-order chi connectivity index (χ1) is 8.34. The number of amides is 1. The third-order valence-corrected chi connectivity index (χ3v) is 3.72. The van der Waals surface area contributed by atoms with Crippen LogP contribution >= 0.6 is 0 Å². The molecule has 90 valence electrons. The van der Waals surface area contributed by atoms with Gasteiger partial charge in [0.05, 0.1) is 0 Å². The average molecular weight is 231 g/mol. The lowest BCUT2D eigenvalue weighted by molar-refractivity contribution is -0.123. The molecule has 3 nitrogen and oxygen atoms in total. The number of hydrogen-bond acceptors (Lipinski definition) is 2. The average Bonchev–Trinajstić information content (AvgIpc) is 2.96. The molecule has 1 fully saturated rings. The van der Waals surface area contributed by atoms with Crippen LogP contribution in [-0.4, -0.2) is 18.6 Å². The molecule has 1 heterocycles. The lowest BCUT2D eigenvalue weighted by atomic mass is 10.00. The van der Waals surface area contributed by atoms with Crippen molar-refractivity contribution < 1.29 is 9.53 Å². The van der Waals surface area contributed by atoms with Crippen LogP contribution in [0.1, 0.15) is 37.2 Å². The highest BCUT2D eigenvalue weighted by atomic mass is 16.5. The molecule has 1 saturated carbocycles. The monoisotopic (exact) mass is 231 g/mol. The highest BCUT2D eigenvalue weighted by Crippen LogP contribution is 2.33. The van der Waals surface area contributed by atoms with Crippen molar-refractivity contribution in [3.63, 3.8) is 0 Å². The van der Waals surface area contributed by atoms with E-state index in [9.17, 15) is 4.79 Å². The van der Waals surface area contributed by atoms with Crippen LogP contribution in [0.3, 0.4) is 0 Å². The minimum Gasteiger partial charge on any atom is -0.492 e. The molecule has 0 bridgehead atoms. The molecule has 1 aliphatic heterocycles. The van der Waals surface area contributed by atoms with Crippen LogP contribution in [0.25, 0.3) is 0 Å². The lowest BCUT2D eigenvalue weighted by Crippen LogP contribution is -2.36. The minimum absolute atomic E-state index is 0.119. The molecule has 0 spiro atoms. The van der Waals surface area contributed by atoms with Crippen LogP contribution in [0.4, 0.5) is 0 Å². The number of carbonyl (C=O) groups is 1. The predicted octanol–water partition coefficient (Wildman–Crippen LogP) is 2.22. The van der Waals surface area contributed by atoms with Crippen LogP contribution in [0, 0.1) is 0 Å². The Bertz CT molecular complexity index is 424. The van der Waals surface area contributed by atoms with Crippen molar-refractivity contribution in [2.24, 2.45) is 0 Å². The second kappa shape index (κ2) is 4.40. The summed E-state index contributed by atoms with van der Waals surface area (Å²) >= 11 is 0. The van der Waals surface area contributed by atoms with Crippen molar-refractivity contribution >= 4 is 5.91 Å². The van der Waals surface area contributed by atoms with Crippen molar-refractivity contribution in [1.29, 1.82) is 0 Å². The van der Waals surface area contributed by atoms with Crippen molar-refractivity contribution in [2.45, 2.75) is 37.6 Å². The Morgan fingerprint density at radius 3 is 2.82 bits per heavy atom. The van der Waals surface area contributed by atoms with Gasteiger partial charge in [0.2, 0.25) is 5.91 Å². The first kappa shape index (κ1) is 10.6. The summed E-state index contributed by atoms with van der Waals surface area (Å²) in [7, 11) is 0. The fourth-order valence-corrected chi connectivity index (χ4v) is 2.75. The van der Waals surface area contributed by atoms with Crippen LogP contribution in [0.5, 0.6) is 5.75 Å². The van der Waals surface area contributed by atoms with Gasteiger partial charge in [-0.3, -0.25) is 4.79 Å². The van der Waals surface area contributed by atoms with E-state index in [1.807, 2.05) is 24.3 Å². The number of benzene rings is 1. The zero-order chi connectivity index (χ0) is 11.7. The van der Waals surface area contributed by atoms with Gasteiger partial charge < -0.3 is 10.1 Å². The summed E-state index contributed by atoms with van der Waals surface area (Å²) in [5.74, 6) is 0.868. The SMILES string of the molecule is O=C(NC1CCCC1)C1COc2ccccc21. The number of nitrogens with one attached hydrogen (secondary N) is 1. The Hall–Kier alpha value is -1.51. The van der Waals surface area contributed by atoms with Crippen molar-refractivity contribution in [1.82, 2.24) is 5.32 Å². The molecule has 1 amide bonds. The smallest absolute Gasteiger partial charge is 0.231 e. The standard InChI is InChI=1S/C14H17NO2/c16-14(15-10-5-1-2-6-10)12-9-17-13-8-4-3-7-11(12)13/h3-4,7-8,10,12H,1-2,5-6,9H2,(H,15,16). The predicted molar refractivity (Wildman–Crippen MR) is 65.1 cm³/mol. The first-order valence-corrected chi connectivity index (χ1v) is 6.37. The number of fused-ring (bicyclic) bond motifs is 1. The molecule has 3 rings (SSSR count). The van der Waals surface area contributed by atoms with Crippen LogP contribution in [0.15, 0.2) is 24.3 Å². The highest BCUT2D eigenvalue weighted by Gasteiger charge is 2.31. The van der Waals surface area contributed by atoms with E-state index in [-0.39, 0.29) is 11.8 Å². The Morgan fingerprint density at radius 2 is 2.00 bits per heavy atom. The summed E-state index contributed by atoms with van der Waals surface area (Å²) in [4.78, 5) is 12.2. The fourth-order valence-electron chi connectivity index (χ4n) is 2.75. The third kappa shape index (κ3) is 2.02. The van der Waals surface area contributed by atoms with E-state index < -0.39 is 0 Å². The van der Waals surface area contributed by atoms with E-state index in [1.54, 1.807) is 0 Å². The summed E-state index contributed by atoms with van der Waals surface area (Å²) in [6, 6.07) is 8.20. The second-order valence-corrected chi connectivity index (χ2v) is 4.89. The topological polar surface area (TPSA) is 38.3 Å². The first-order valence-electron chi connectivity index (χ1n) is 6.37. The van der Waals surface area contributed by atoms with E-state index in [1.165, 1.54) is 12.8 Å². The Labute approximate surface area is 101 Å². The Kier molecular flexibility index (Phi) is 2.75. The summed E-state index contributed by atoms with van der Waals surface area (Å²) in [6.07, 6.45) is 4.73. The van der Waals surface area contributed by atoms with Gasteiger partial charge in [-0.15, -0.1) is 0 Å². The molecule has 3 heteroatoms. The third-order valence-electron chi connectivity index (χ3n) is 3.72. The van der Waals surface area contributed by atoms with Crippen LogP contribution < -0.4 is 10.1 Å². The molecule has 1 N–H and O–H groups in total. The Balaban J connectivity index is 1.71. The fraction of sp³-hybridized carbons (Fsp3) is 0.500. The Morgan fingerprint density at radius 1 is 1.24 bits per heavy atom. The van der Waals surface area contributed by atoms with E-state index in [2.05, 4.69) is 5.32 Å². The number of carbonyl (C=O) groups excluding carboxylic acids is 1. The van der Waals surface area contributed by atoms with Crippen molar-refractivity contribution in [3.8, 4) is 5.75 Å². The summed E-state index contributed by atoms with van der Waals surface area (Å²) in [5, 5.41) is 3.14. The maximum absolute atomic E-state index is 12.2. The normalized spacial score (nSPS) is 23.2. The van der Waals surface area contributed by atoms with Gasteiger partial charge in [0, 0.05) is 11.6 Å². The maximum atomic E-state index is 12.2. The summed E-state index contributed by atoms with van der Waals surface area (Å²) in [6.45, 7) is 0.484. The molecular weight excluding hydrogens is 214 g/mol. The van der Waals surface area contributed by atoms with Crippen molar-refractivity contribution in [2.75, 3.05) is 6.61 Å². The molecule has 1 aliphatic carbocycles. The maximum Gasteiger partial charge on any atom is 0.231 e. The van der Waals surface area contributed by atoms with Gasteiger partial charge in [0.25, 0.3) is 0 Å². The van der Waals surface area contributed by atoms with E-state index in [0.717, 1.165) is 24.2 Å². The van der Waals surface area contributed by atoms with Gasteiger partial charge >= 0.3 is 0 Å². The summed E-state index contributed by atoms with van der Waals surface area (Å²) < 4.78 is 5.54. The highest BCUT2D eigenvalue weighted by molar-refractivity contribution is 5.85. The quantitative estimate of drug-likeness (QED) is 0.847. The van der Waals surface area contributed by atoms with E-state index in [4.69, 9.17) is 4.74 Å². The molecular formula is C14H17NO2. The number of rotatable bonds is 2. The largest absolute Gasteiger partial charge is 0.492 e. The molecule has 0 saturated heterocycles. The molecule has 0 radical (unpaired) electrons. The van der Waals surface area contributed by atoms with Crippen LogP contribution in [0.2, 0.25) is 0 Å². The molecule has 1 aromatic rings. The molecule has 0 aromatic heterocycles. The van der Waals surface area contributed by atoms with Gasteiger partial charge in [-0.25, -0.2) is 0 Å². The summed E-state index contributed by atoms with van der Waals surface area (Å²) in [5.41, 5.74) is 1.03. The second-order valence-electron chi connectivity index (χ2n) is 4.89. The van der Waals surface area contributed by atoms with E-state index in [0.29, 0.717) is 12.6 Å².